The molecule has 0 saturated carbocycles. The number of halogens is 2. The lowest BCUT2D eigenvalue weighted by atomic mass is 10.2. The van der Waals surface area contributed by atoms with Gasteiger partial charge in [-0.25, -0.2) is 0 Å². The number of hydrogen-bond donors (Lipinski definition) is 1. The topological polar surface area (TPSA) is 50.8 Å². The molecule has 130 valence electrons. The summed E-state index contributed by atoms with van der Waals surface area (Å²) in [4.78, 5) is 14.2. The zero-order valence-corrected chi connectivity index (χ0v) is 13.9. The molecule has 0 radical (unpaired) electrons. The third kappa shape index (κ3) is 6.02. The van der Waals surface area contributed by atoms with Crippen molar-refractivity contribution in [3.63, 3.8) is 0 Å². The van der Waals surface area contributed by atoms with Crippen molar-refractivity contribution in [1.82, 2.24) is 10.2 Å². The Bertz CT molecular complexity index is 512. The highest BCUT2D eigenvalue weighted by Gasteiger charge is 2.14. The highest BCUT2D eigenvalue weighted by molar-refractivity contribution is 5.94. The standard InChI is InChI=1S/C16H24F2N2O3/c1-5-11(2)20(3)9-8-19-15(21)12-6-7-13(22-4)14(10-12)23-16(17)18/h6-7,10-11,16H,5,8-9H2,1-4H3,(H,19,21)/t11-/m1/s1. The van der Waals surface area contributed by atoms with Crippen molar-refractivity contribution in [2.24, 2.45) is 0 Å². The lowest BCUT2D eigenvalue weighted by Gasteiger charge is -2.23. The lowest BCUT2D eigenvalue weighted by Crippen LogP contribution is -2.37. The zero-order chi connectivity index (χ0) is 17.4. The van der Waals surface area contributed by atoms with Crippen molar-refractivity contribution in [3.05, 3.63) is 23.8 Å². The first kappa shape index (κ1) is 19.2. The molecule has 23 heavy (non-hydrogen) atoms. The third-order valence-corrected chi connectivity index (χ3v) is 3.74. The SMILES string of the molecule is CC[C@@H](C)N(C)CCNC(=O)c1ccc(OC)c(OC(F)F)c1. The van der Waals surface area contributed by atoms with Crippen LogP contribution in [0.5, 0.6) is 11.5 Å². The van der Waals surface area contributed by atoms with Crippen molar-refractivity contribution < 1.29 is 23.0 Å². The van der Waals surface area contributed by atoms with E-state index >= 15 is 0 Å². The second kappa shape index (κ2) is 9.29. The van der Waals surface area contributed by atoms with Crippen LogP contribution in [0, 0.1) is 0 Å². The lowest BCUT2D eigenvalue weighted by molar-refractivity contribution is -0.0512. The fourth-order valence-corrected chi connectivity index (χ4v) is 1.99. The molecule has 1 aromatic carbocycles. The third-order valence-electron chi connectivity index (χ3n) is 3.74. The van der Waals surface area contributed by atoms with Crippen LogP contribution in [0.15, 0.2) is 18.2 Å². The van der Waals surface area contributed by atoms with Crippen LogP contribution in [0.1, 0.15) is 30.6 Å². The number of amides is 1. The molecule has 7 heteroatoms. The fraction of sp³-hybridized carbons (Fsp3) is 0.562. The van der Waals surface area contributed by atoms with Gasteiger partial charge in [0.1, 0.15) is 0 Å². The number of carbonyl (C=O) groups is 1. The highest BCUT2D eigenvalue weighted by Crippen LogP contribution is 2.29. The number of nitrogens with one attached hydrogen (secondary N) is 1. The van der Waals surface area contributed by atoms with Gasteiger partial charge in [-0.05, 0) is 38.6 Å². The smallest absolute Gasteiger partial charge is 0.387 e. The monoisotopic (exact) mass is 330 g/mol. The molecule has 0 aromatic heterocycles. The second-order valence-corrected chi connectivity index (χ2v) is 5.24. The van der Waals surface area contributed by atoms with Crippen LogP contribution in [0.25, 0.3) is 0 Å². The molecule has 0 fully saturated rings. The molecule has 0 aliphatic carbocycles. The quantitative estimate of drug-likeness (QED) is 0.756. The Morgan fingerprint density at radius 2 is 2.04 bits per heavy atom. The van der Waals surface area contributed by atoms with Gasteiger partial charge in [-0.1, -0.05) is 6.92 Å². The van der Waals surface area contributed by atoms with Crippen LogP contribution < -0.4 is 14.8 Å². The molecule has 1 atom stereocenters. The summed E-state index contributed by atoms with van der Waals surface area (Å²) in [5.74, 6) is -0.352. The molecule has 0 saturated heterocycles. The number of nitrogens with zero attached hydrogens (tertiary/aromatic N) is 1. The minimum absolute atomic E-state index is 0.151. The molecular formula is C16H24F2N2O3. The first-order chi connectivity index (χ1) is 10.9. The Labute approximate surface area is 135 Å². The van der Waals surface area contributed by atoms with E-state index in [1.54, 1.807) is 0 Å². The van der Waals surface area contributed by atoms with Gasteiger partial charge in [-0.15, -0.1) is 0 Å². The van der Waals surface area contributed by atoms with Crippen molar-refractivity contribution in [3.8, 4) is 11.5 Å². The largest absolute Gasteiger partial charge is 0.493 e. The van der Waals surface area contributed by atoms with Crippen molar-refractivity contribution >= 4 is 5.91 Å². The molecule has 1 rings (SSSR count). The van der Waals surface area contributed by atoms with Crippen molar-refractivity contribution in [1.29, 1.82) is 0 Å². The maximum atomic E-state index is 12.4. The van der Waals surface area contributed by atoms with Crippen LogP contribution in [0.3, 0.4) is 0 Å². The van der Waals surface area contributed by atoms with Crippen LogP contribution in [0.4, 0.5) is 8.78 Å². The number of methoxy groups -OCH3 is 1. The predicted molar refractivity (Wildman–Crippen MR) is 84.3 cm³/mol. The average molecular weight is 330 g/mol. The number of likely N-dealkylation sites (N-methyl/N-ethyl adjacent to an activating group) is 1. The van der Waals surface area contributed by atoms with E-state index in [0.29, 0.717) is 19.1 Å². The van der Waals surface area contributed by atoms with Gasteiger partial charge in [0, 0.05) is 24.7 Å². The Hall–Kier alpha value is -1.89. The minimum Gasteiger partial charge on any atom is -0.493 e. The Balaban J connectivity index is 2.65. The zero-order valence-electron chi connectivity index (χ0n) is 13.9. The molecule has 1 N–H and O–H groups in total. The molecule has 1 aromatic rings. The van der Waals surface area contributed by atoms with E-state index in [-0.39, 0.29) is 23.0 Å². The van der Waals surface area contributed by atoms with Gasteiger partial charge in [-0.2, -0.15) is 8.78 Å². The summed E-state index contributed by atoms with van der Waals surface area (Å²) in [5, 5.41) is 2.76. The number of ether oxygens (including phenoxy) is 2. The molecular weight excluding hydrogens is 306 g/mol. The molecule has 1 amide bonds. The molecule has 0 aliphatic rings. The fourth-order valence-electron chi connectivity index (χ4n) is 1.99. The average Bonchev–Trinajstić information content (AvgIpc) is 2.53. The summed E-state index contributed by atoms with van der Waals surface area (Å²) in [6, 6.07) is 4.61. The molecule has 0 bridgehead atoms. The van der Waals surface area contributed by atoms with E-state index < -0.39 is 6.61 Å². The van der Waals surface area contributed by atoms with Gasteiger partial charge in [0.05, 0.1) is 7.11 Å². The summed E-state index contributed by atoms with van der Waals surface area (Å²) < 4.78 is 34.1. The van der Waals surface area contributed by atoms with Gasteiger partial charge >= 0.3 is 6.61 Å². The van der Waals surface area contributed by atoms with Crippen molar-refractivity contribution in [2.45, 2.75) is 32.9 Å². The molecule has 0 aliphatic heterocycles. The highest BCUT2D eigenvalue weighted by atomic mass is 19.3. The summed E-state index contributed by atoms with van der Waals surface area (Å²) >= 11 is 0. The van der Waals surface area contributed by atoms with Gasteiger partial charge in [0.25, 0.3) is 5.91 Å². The summed E-state index contributed by atoms with van der Waals surface area (Å²) in [6.07, 6.45) is 1.03. The normalized spacial score (nSPS) is 12.3. The number of hydrogen-bond acceptors (Lipinski definition) is 4. The van der Waals surface area contributed by atoms with Gasteiger partial charge in [0.2, 0.25) is 0 Å². The number of alkyl halides is 2. The van der Waals surface area contributed by atoms with Gasteiger partial charge in [0.15, 0.2) is 11.5 Å². The Morgan fingerprint density at radius 3 is 2.61 bits per heavy atom. The van der Waals surface area contributed by atoms with E-state index in [4.69, 9.17) is 4.74 Å². The molecule has 5 nitrogen and oxygen atoms in total. The van der Waals surface area contributed by atoms with Crippen LogP contribution in [-0.2, 0) is 0 Å². The summed E-state index contributed by atoms with van der Waals surface area (Å²) in [5.41, 5.74) is 0.243. The first-order valence-electron chi connectivity index (χ1n) is 7.50. The maximum absolute atomic E-state index is 12.4. The van der Waals surface area contributed by atoms with Crippen LogP contribution in [-0.4, -0.2) is 50.7 Å². The van der Waals surface area contributed by atoms with Gasteiger partial charge < -0.3 is 19.7 Å². The number of carbonyl (C=O) groups excluding carboxylic acids is 1. The van der Waals surface area contributed by atoms with E-state index in [9.17, 15) is 13.6 Å². The van der Waals surface area contributed by atoms with Gasteiger partial charge in [-0.3, -0.25) is 4.79 Å². The number of benzene rings is 1. The van der Waals surface area contributed by atoms with E-state index in [1.165, 1.54) is 25.3 Å². The first-order valence-corrected chi connectivity index (χ1v) is 7.50. The van der Waals surface area contributed by atoms with Crippen molar-refractivity contribution in [2.75, 3.05) is 27.2 Å². The van der Waals surface area contributed by atoms with E-state index in [2.05, 4.69) is 28.8 Å². The summed E-state index contributed by atoms with van der Waals surface area (Å²) in [6.45, 7) is 2.40. The van der Waals surface area contributed by atoms with Crippen LogP contribution >= 0.6 is 0 Å². The minimum atomic E-state index is -2.98. The molecule has 0 heterocycles. The molecule has 0 unspecified atom stereocenters. The second-order valence-electron chi connectivity index (χ2n) is 5.24. The Kier molecular flexibility index (Phi) is 7.74. The Morgan fingerprint density at radius 1 is 1.35 bits per heavy atom. The maximum Gasteiger partial charge on any atom is 0.387 e. The van der Waals surface area contributed by atoms with E-state index in [0.717, 1.165) is 6.42 Å². The number of rotatable bonds is 9. The molecule has 0 spiro atoms. The van der Waals surface area contributed by atoms with Crippen LogP contribution in [0.2, 0.25) is 0 Å². The summed E-state index contributed by atoms with van der Waals surface area (Å²) in [7, 11) is 3.33. The predicted octanol–water partition coefficient (Wildman–Crippen LogP) is 2.76. The van der Waals surface area contributed by atoms with E-state index in [1.807, 2.05) is 7.05 Å².